The number of ketones is 1. The first-order valence-corrected chi connectivity index (χ1v) is 15.4. The second-order valence-electron chi connectivity index (χ2n) is 10.7. The number of hydrogen-bond acceptors (Lipinski definition) is 7. The number of Topliss-reactive ketones (excluding diaryl/α,β-unsaturated/α-hetero) is 1. The summed E-state index contributed by atoms with van der Waals surface area (Å²) in [4.78, 5) is 24.7. The zero-order chi connectivity index (χ0) is 29.5. The molecule has 42 heavy (non-hydrogen) atoms. The molecule has 0 spiro atoms. The predicted molar refractivity (Wildman–Crippen MR) is 150 cm³/mol. The van der Waals surface area contributed by atoms with Crippen molar-refractivity contribution >= 4 is 32.7 Å². The number of fused-ring (bicyclic) bond motifs is 1. The van der Waals surface area contributed by atoms with Crippen LogP contribution < -0.4 is 4.90 Å². The van der Waals surface area contributed by atoms with Crippen molar-refractivity contribution in [2.24, 2.45) is 0 Å². The lowest BCUT2D eigenvalue weighted by atomic mass is 10.0. The number of nitrogens with zero attached hydrogens (tertiary/aromatic N) is 4. The van der Waals surface area contributed by atoms with Gasteiger partial charge in [0, 0.05) is 48.8 Å². The van der Waals surface area contributed by atoms with Gasteiger partial charge in [-0.3, -0.25) is 4.79 Å². The number of sulfonamides is 1. The van der Waals surface area contributed by atoms with Crippen molar-refractivity contribution in [3.05, 3.63) is 71.9 Å². The quantitative estimate of drug-likeness (QED) is 0.251. The number of alkyl halides is 3. The third kappa shape index (κ3) is 5.65. The van der Waals surface area contributed by atoms with E-state index in [1.165, 1.54) is 22.5 Å². The van der Waals surface area contributed by atoms with Crippen molar-refractivity contribution in [2.45, 2.75) is 55.8 Å². The Morgan fingerprint density at radius 1 is 0.952 bits per heavy atom. The van der Waals surface area contributed by atoms with Crippen molar-refractivity contribution in [3.63, 3.8) is 0 Å². The van der Waals surface area contributed by atoms with E-state index < -0.39 is 27.8 Å². The molecule has 0 radical (unpaired) electrons. The lowest BCUT2D eigenvalue weighted by Crippen LogP contribution is -2.40. The van der Waals surface area contributed by atoms with Crippen LogP contribution in [0.3, 0.4) is 0 Å². The van der Waals surface area contributed by atoms with E-state index in [9.17, 15) is 26.4 Å². The third-order valence-corrected chi connectivity index (χ3v) is 9.60. The topological polar surface area (TPSA) is 96.6 Å². The Bertz CT molecular complexity index is 1680. The van der Waals surface area contributed by atoms with E-state index in [0.717, 1.165) is 38.1 Å². The van der Waals surface area contributed by atoms with E-state index in [2.05, 4.69) is 9.97 Å². The predicted octanol–water partition coefficient (Wildman–Crippen LogP) is 5.86. The molecule has 4 heterocycles. The van der Waals surface area contributed by atoms with Gasteiger partial charge in [0.25, 0.3) is 10.0 Å². The number of rotatable bonds is 8. The molecule has 0 unspecified atom stereocenters. The summed E-state index contributed by atoms with van der Waals surface area (Å²) in [5.41, 5.74) is 1.26. The minimum Gasteiger partial charge on any atom is -0.443 e. The molecule has 220 valence electrons. The number of anilines is 1. The molecule has 8 nitrogen and oxygen atoms in total. The molecule has 12 heteroatoms. The molecule has 2 saturated heterocycles. The fourth-order valence-electron chi connectivity index (χ4n) is 5.62. The maximum Gasteiger partial charge on any atom is 0.416 e. The first-order valence-electron chi connectivity index (χ1n) is 13.9. The van der Waals surface area contributed by atoms with Gasteiger partial charge in [0.1, 0.15) is 5.58 Å². The smallest absolute Gasteiger partial charge is 0.416 e. The van der Waals surface area contributed by atoms with Crippen LogP contribution in [0.1, 0.15) is 43.4 Å². The van der Waals surface area contributed by atoms with Crippen molar-refractivity contribution in [2.75, 3.05) is 24.5 Å². The van der Waals surface area contributed by atoms with Crippen molar-refractivity contribution in [1.82, 2.24) is 14.3 Å². The number of halogens is 3. The number of para-hydroxylation sites is 1. The normalized spacial score (nSPS) is 18.3. The zero-order valence-electron chi connectivity index (χ0n) is 22.7. The molecule has 2 aromatic carbocycles. The molecular weight excluding hydrogens is 569 g/mol. The number of carbonyl (C=O) groups excluding carboxylic acids is 1. The van der Waals surface area contributed by atoms with Gasteiger partial charge < -0.3 is 9.32 Å². The molecule has 2 aromatic heterocycles. The lowest BCUT2D eigenvalue weighted by molar-refractivity contribution is -0.137. The fourth-order valence-corrected chi connectivity index (χ4v) is 7.25. The van der Waals surface area contributed by atoms with Gasteiger partial charge in [0.05, 0.1) is 17.3 Å². The highest BCUT2D eigenvalue weighted by atomic mass is 32.2. The summed E-state index contributed by atoms with van der Waals surface area (Å²) in [5, 5.41) is 0.482. The number of benzene rings is 2. The summed E-state index contributed by atoms with van der Waals surface area (Å²) in [5.74, 6) is 0.256. The molecule has 0 bridgehead atoms. The van der Waals surface area contributed by atoms with Crippen LogP contribution in [0.4, 0.5) is 19.1 Å². The van der Waals surface area contributed by atoms with Gasteiger partial charge >= 0.3 is 6.18 Å². The highest BCUT2D eigenvalue weighted by molar-refractivity contribution is 7.89. The highest BCUT2D eigenvalue weighted by Crippen LogP contribution is 2.33. The number of furan rings is 1. The van der Waals surface area contributed by atoms with E-state index in [1.807, 2.05) is 4.90 Å². The van der Waals surface area contributed by atoms with Crippen molar-refractivity contribution in [3.8, 4) is 11.3 Å². The lowest BCUT2D eigenvalue weighted by Gasteiger charge is -2.22. The van der Waals surface area contributed by atoms with Gasteiger partial charge in [-0.05, 0) is 56.4 Å². The third-order valence-electron chi connectivity index (χ3n) is 7.83. The molecule has 6 rings (SSSR count). The number of carbonyl (C=O) groups is 1. The molecule has 0 amide bonds. The summed E-state index contributed by atoms with van der Waals surface area (Å²) < 4.78 is 73.0. The molecule has 0 saturated carbocycles. The largest absolute Gasteiger partial charge is 0.443 e. The molecule has 2 fully saturated rings. The molecule has 0 aliphatic carbocycles. The molecule has 2 aliphatic rings. The van der Waals surface area contributed by atoms with Crippen molar-refractivity contribution < 1.29 is 30.8 Å². The average molecular weight is 599 g/mol. The Kier molecular flexibility index (Phi) is 7.52. The first kappa shape index (κ1) is 28.4. The van der Waals surface area contributed by atoms with Crippen LogP contribution >= 0.6 is 0 Å². The minimum atomic E-state index is -4.44. The van der Waals surface area contributed by atoms with Gasteiger partial charge in [-0.15, -0.1) is 0 Å². The van der Waals surface area contributed by atoms with Crippen LogP contribution in [0, 0.1) is 0 Å². The van der Waals surface area contributed by atoms with E-state index in [4.69, 9.17) is 4.42 Å². The van der Waals surface area contributed by atoms with E-state index in [1.54, 1.807) is 30.3 Å². The first-order chi connectivity index (χ1) is 20.1. The van der Waals surface area contributed by atoms with Crippen LogP contribution in [0.25, 0.3) is 22.2 Å². The van der Waals surface area contributed by atoms with Crippen LogP contribution in [0.15, 0.2) is 70.2 Å². The molecule has 0 N–H and O–H groups in total. The molecular formula is C30H29F3N4O4S. The minimum absolute atomic E-state index is 0.0553. The Labute approximate surface area is 241 Å². The van der Waals surface area contributed by atoms with Gasteiger partial charge in [0.2, 0.25) is 11.0 Å². The van der Waals surface area contributed by atoms with Crippen LogP contribution in [-0.2, 0) is 27.4 Å². The van der Waals surface area contributed by atoms with E-state index >= 15 is 0 Å². The Hall–Kier alpha value is -3.77. The average Bonchev–Trinajstić information content (AvgIpc) is 3.76. The fraction of sp³-hybridized carbons (Fsp3) is 0.367. The monoisotopic (exact) mass is 598 g/mol. The second-order valence-corrected chi connectivity index (χ2v) is 12.5. The van der Waals surface area contributed by atoms with Gasteiger partial charge in [0.15, 0.2) is 5.78 Å². The van der Waals surface area contributed by atoms with Crippen LogP contribution in [-0.4, -0.2) is 54.2 Å². The Balaban J connectivity index is 1.22. The number of aromatic nitrogens is 2. The van der Waals surface area contributed by atoms with E-state index in [-0.39, 0.29) is 30.3 Å². The summed E-state index contributed by atoms with van der Waals surface area (Å²) in [6.07, 6.45) is -1.21. The highest BCUT2D eigenvalue weighted by Gasteiger charge is 2.40. The standard InChI is InChI=1S/C30H29F3N4O4S/c31-30(32,33)22-11-9-20(10-12-22)24-19-23(34-29(35-24)36-15-3-4-16-36)13-14-26(38)25-7-5-17-37(25)42(39,40)28-18-21-6-1-2-8-27(21)41-28/h1-2,6,8-12,18-19,25H,3-5,7,13-17H2/t25-/m0/s1. The van der Waals surface area contributed by atoms with Crippen LogP contribution in [0.2, 0.25) is 0 Å². The Morgan fingerprint density at radius 3 is 2.40 bits per heavy atom. The maximum absolute atomic E-state index is 13.5. The second kappa shape index (κ2) is 11.1. The van der Waals surface area contributed by atoms with Gasteiger partial charge in [-0.2, -0.15) is 17.5 Å². The molecule has 1 atom stereocenters. The maximum atomic E-state index is 13.5. The van der Waals surface area contributed by atoms with Gasteiger partial charge in [-0.1, -0.05) is 30.3 Å². The summed E-state index contributed by atoms with van der Waals surface area (Å²) in [7, 11) is -4.02. The SMILES string of the molecule is O=C(CCc1cc(-c2ccc(C(F)(F)F)cc2)nc(N2CCCC2)n1)[C@@H]1CCCN1S(=O)(=O)c1cc2ccccc2o1. The Morgan fingerprint density at radius 2 is 1.69 bits per heavy atom. The molecule has 2 aliphatic heterocycles. The number of hydrogen-bond donors (Lipinski definition) is 0. The molecule has 4 aromatic rings. The zero-order valence-corrected chi connectivity index (χ0v) is 23.5. The summed E-state index contributed by atoms with van der Waals surface area (Å²) in [6.45, 7) is 1.76. The van der Waals surface area contributed by atoms with Gasteiger partial charge in [-0.25, -0.2) is 18.4 Å². The van der Waals surface area contributed by atoms with E-state index in [0.29, 0.717) is 46.7 Å². The summed E-state index contributed by atoms with van der Waals surface area (Å²) >= 11 is 0. The summed E-state index contributed by atoms with van der Waals surface area (Å²) in [6, 6.07) is 14.2. The van der Waals surface area contributed by atoms with Crippen molar-refractivity contribution in [1.29, 1.82) is 0 Å². The van der Waals surface area contributed by atoms with Crippen LogP contribution in [0.5, 0.6) is 0 Å². The number of aryl methyl sites for hydroxylation is 1.